The number of hydrogen-bond acceptors (Lipinski definition) is 2. The van der Waals surface area contributed by atoms with Gasteiger partial charge in [0.1, 0.15) is 0 Å². The van der Waals surface area contributed by atoms with Gasteiger partial charge in [0.2, 0.25) is 0 Å². The molecule has 0 saturated heterocycles. The molecule has 0 unspecified atom stereocenters. The molecule has 4 nitrogen and oxygen atoms in total. The number of anilines is 1. The van der Waals surface area contributed by atoms with E-state index in [0.717, 1.165) is 61.1 Å². The van der Waals surface area contributed by atoms with Crippen molar-refractivity contribution in [2.75, 3.05) is 4.90 Å². The van der Waals surface area contributed by atoms with E-state index in [-0.39, 0.29) is 11.8 Å². The molecular weight excluding hydrogens is 661 g/mol. The van der Waals surface area contributed by atoms with Crippen molar-refractivity contribution in [3.8, 4) is 39.1 Å². The topological polar surface area (TPSA) is 42.3 Å². The van der Waals surface area contributed by atoms with Gasteiger partial charge in [-0.3, -0.25) is 9.59 Å². The molecule has 0 aliphatic carbocycles. The maximum Gasteiger partial charge on any atom is 0.268 e. The monoisotopic (exact) mass is 702 g/mol. The number of hydrogen-bond donors (Lipinski definition) is 0. The van der Waals surface area contributed by atoms with E-state index >= 15 is 4.79 Å². The number of para-hydroxylation sites is 1. The van der Waals surface area contributed by atoms with Gasteiger partial charge in [0, 0.05) is 27.8 Å². The summed E-state index contributed by atoms with van der Waals surface area (Å²) in [7, 11) is 0. The Balaban J connectivity index is 0.00000107. The van der Waals surface area contributed by atoms with E-state index in [4.69, 9.17) is 0 Å². The van der Waals surface area contributed by atoms with E-state index < -0.39 is 0 Å². The van der Waals surface area contributed by atoms with Gasteiger partial charge in [0.25, 0.3) is 11.8 Å². The fourth-order valence-electron chi connectivity index (χ4n) is 7.34. The first-order valence-corrected chi connectivity index (χ1v) is 18.1. The third kappa shape index (κ3) is 6.44. The van der Waals surface area contributed by atoms with Crippen molar-refractivity contribution >= 4 is 34.5 Å². The Morgan fingerprint density at radius 3 is 1.70 bits per heavy atom. The van der Waals surface area contributed by atoms with Crippen molar-refractivity contribution in [3.05, 3.63) is 198 Å². The van der Waals surface area contributed by atoms with Gasteiger partial charge in [0.05, 0.1) is 28.0 Å². The summed E-state index contributed by atoms with van der Waals surface area (Å²) in [5, 5.41) is 1.07. The third-order valence-corrected chi connectivity index (χ3v) is 9.62. The van der Waals surface area contributed by atoms with Crippen LogP contribution in [0.4, 0.5) is 5.69 Å². The highest BCUT2D eigenvalue weighted by atomic mass is 16.2. The van der Waals surface area contributed by atoms with Gasteiger partial charge in [0.15, 0.2) is 0 Å². The number of carbonyl (C=O) groups excluding carboxylic acids is 2. The van der Waals surface area contributed by atoms with E-state index in [2.05, 4.69) is 74.0 Å². The Labute approximate surface area is 317 Å². The summed E-state index contributed by atoms with van der Waals surface area (Å²) in [4.78, 5) is 31.3. The zero-order valence-corrected chi connectivity index (χ0v) is 31.1. The number of carbonyl (C=O) groups is 2. The van der Waals surface area contributed by atoms with Crippen LogP contribution >= 0.6 is 0 Å². The number of aryl methyl sites for hydroxylation is 1. The van der Waals surface area contributed by atoms with Crippen LogP contribution < -0.4 is 4.90 Å². The first-order chi connectivity index (χ1) is 26.2. The van der Waals surface area contributed by atoms with Gasteiger partial charge in [-0.15, -0.1) is 6.58 Å². The quantitative estimate of drug-likeness (QED) is 0.0943. The molecule has 0 atom stereocenters. The summed E-state index contributed by atoms with van der Waals surface area (Å²) in [5.41, 5.74) is 12.8. The van der Waals surface area contributed by atoms with Crippen LogP contribution in [0.15, 0.2) is 170 Å². The highest BCUT2D eigenvalue weighted by Crippen LogP contribution is 2.47. The van der Waals surface area contributed by atoms with Crippen LogP contribution in [0.2, 0.25) is 0 Å². The second kappa shape index (κ2) is 15.1. The van der Waals surface area contributed by atoms with Gasteiger partial charge in [-0.2, -0.15) is 0 Å². The third-order valence-electron chi connectivity index (χ3n) is 9.62. The molecule has 54 heavy (non-hydrogen) atoms. The molecule has 4 heteroatoms. The molecular formula is C50H42N2O2. The lowest BCUT2D eigenvalue weighted by molar-refractivity contribution is 0.0926. The number of benzene rings is 6. The van der Waals surface area contributed by atoms with E-state index in [1.807, 2.05) is 117 Å². The molecule has 0 spiro atoms. The summed E-state index contributed by atoms with van der Waals surface area (Å²) in [6.07, 6.45) is 5.74. The van der Waals surface area contributed by atoms with E-state index in [1.165, 1.54) is 10.5 Å². The average molecular weight is 703 g/mol. The molecule has 1 aromatic heterocycles. The highest BCUT2D eigenvalue weighted by Gasteiger charge is 2.42. The Bertz CT molecular complexity index is 2530. The van der Waals surface area contributed by atoms with E-state index in [1.54, 1.807) is 12.1 Å². The van der Waals surface area contributed by atoms with Crippen LogP contribution in [0.3, 0.4) is 0 Å². The van der Waals surface area contributed by atoms with Crippen LogP contribution in [0.25, 0.3) is 56.0 Å². The predicted molar refractivity (Wildman–Crippen MR) is 226 cm³/mol. The molecule has 2 amide bonds. The summed E-state index contributed by atoms with van der Waals surface area (Å²) in [6, 6.07) is 46.2. The minimum absolute atomic E-state index is 0.341. The second-order valence-corrected chi connectivity index (χ2v) is 13.8. The normalized spacial score (nSPS) is 12.2. The van der Waals surface area contributed by atoms with Crippen molar-refractivity contribution < 1.29 is 9.59 Å². The minimum Gasteiger partial charge on any atom is -0.312 e. The molecule has 0 fully saturated rings. The molecule has 8 rings (SSSR count). The maximum absolute atomic E-state index is 15.1. The second-order valence-electron chi connectivity index (χ2n) is 13.8. The molecule has 1 aliphatic rings. The van der Waals surface area contributed by atoms with Crippen LogP contribution in [-0.4, -0.2) is 16.4 Å². The minimum atomic E-state index is -0.347. The maximum atomic E-state index is 15.1. The lowest BCUT2D eigenvalue weighted by atomic mass is 9.90. The summed E-state index contributed by atoms with van der Waals surface area (Å²) in [6.45, 7) is 15.5. The number of imide groups is 1. The molecule has 6 aromatic carbocycles. The molecule has 0 radical (unpaired) electrons. The Kier molecular flexibility index (Phi) is 9.93. The molecule has 264 valence electrons. The van der Waals surface area contributed by atoms with Gasteiger partial charge in [-0.1, -0.05) is 146 Å². The van der Waals surface area contributed by atoms with Crippen LogP contribution in [0.5, 0.6) is 0 Å². The van der Waals surface area contributed by atoms with Crippen LogP contribution in [0, 0.1) is 13.8 Å². The molecule has 0 saturated carbocycles. The molecule has 0 N–H and O–H groups in total. The standard InChI is InChI=1S/C46H34N2O2.C4H8/c1-4-5-24-36-31(3)47(43-30(2)17-15-25-37(36)43)41-27-16-26-38-42(41)46(50)48(45(38)49)44-39(33-20-11-7-12-21-33)28-35(32-18-9-6-10-19-32)29-40(44)34-22-13-8-14-23-34;1-4(2)3/h4-29H,1H2,2-3H3;1H2,2-3H3/b24-5-;. The predicted octanol–water partition coefficient (Wildman–Crippen LogP) is 12.8. The largest absolute Gasteiger partial charge is 0.312 e. The molecule has 2 heterocycles. The Hall–Kier alpha value is -6.78. The lowest BCUT2D eigenvalue weighted by Crippen LogP contribution is -2.30. The first kappa shape index (κ1) is 35.6. The summed E-state index contributed by atoms with van der Waals surface area (Å²) >= 11 is 0. The highest BCUT2D eigenvalue weighted by molar-refractivity contribution is 6.37. The zero-order valence-electron chi connectivity index (χ0n) is 31.1. The smallest absolute Gasteiger partial charge is 0.268 e. The van der Waals surface area contributed by atoms with Gasteiger partial charge < -0.3 is 4.57 Å². The average Bonchev–Trinajstić information content (AvgIpc) is 3.62. The fourth-order valence-corrected chi connectivity index (χ4v) is 7.34. The van der Waals surface area contributed by atoms with Crippen LogP contribution in [0.1, 0.15) is 51.4 Å². The van der Waals surface area contributed by atoms with Crippen molar-refractivity contribution in [2.24, 2.45) is 0 Å². The van der Waals surface area contributed by atoms with Gasteiger partial charge in [-0.05, 0) is 79.8 Å². The number of allylic oxidation sites excluding steroid dienone is 3. The molecule has 1 aliphatic heterocycles. The molecule has 7 aromatic rings. The van der Waals surface area contributed by atoms with Crippen molar-refractivity contribution in [1.82, 2.24) is 4.57 Å². The van der Waals surface area contributed by atoms with E-state index in [0.29, 0.717) is 22.5 Å². The zero-order chi connectivity index (χ0) is 37.9. The van der Waals surface area contributed by atoms with Crippen molar-refractivity contribution in [2.45, 2.75) is 27.7 Å². The first-order valence-electron chi connectivity index (χ1n) is 18.1. The summed E-state index contributed by atoms with van der Waals surface area (Å²) in [5.74, 6) is -0.688. The van der Waals surface area contributed by atoms with Crippen molar-refractivity contribution in [3.63, 3.8) is 0 Å². The number of fused-ring (bicyclic) bond motifs is 2. The van der Waals surface area contributed by atoms with Crippen LogP contribution in [-0.2, 0) is 0 Å². The number of amides is 2. The van der Waals surface area contributed by atoms with E-state index in [9.17, 15) is 4.79 Å². The Morgan fingerprint density at radius 1 is 0.611 bits per heavy atom. The summed E-state index contributed by atoms with van der Waals surface area (Å²) < 4.78 is 2.13. The lowest BCUT2D eigenvalue weighted by Gasteiger charge is -2.24. The number of rotatable bonds is 7. The number of aromatic nitrogens is 1. The van der Waals surface area contributed by atoms with Crippen molar-refractivity contribution in [1.29, 1.82) is 0 Å². The fraction of sp³-hybridized carbons (Fsp3) is 0.0800. The molecule has 0 bridgehead atoms. The van der Waals surface area contributed by atoms with Gasteiger partial charge >= 0.3 is 0 Å². The number of nitrogens with zero attached hydrogens (tertiary/aromatic N) is 2. The Morgan fingerprint density at radius 2 is 1.15 bits per heavy atom. The van der Waals surface area contributed by atoms with Gasteiger partial charge in [-0.25, -0.2) is 4.90 Å². The SMILES string of the molecule is C=C(C)C.C=C/C=C\c1c(C)n(-c2cccc3c2C(=O)N(c2c(-c4ccccc4)cc(-c4ccccc4)cc2-c2ccccc2)C3=O)c2c(C)cccc12.